The van der Waals surface area contributed by atoms with E-state index in [1.807, 2.05) is 37.3 Å². The third kappa shape index (κ3) is 3.48. The average molecular weight is 377 g/mol. The Morgan fingerprint density at radius 3 is 2.96 bits per heavy atom. The highest BCUT2D eigenvalue weighted by atomic mass is 16.5. The fourth-order valence-corrected chi connectivity index (χ4v) is 3.30. The van der Waals surface area contributed by atoms with Gasteiger partial charge in [-0.05, 0) is 49.8 Å². The van der Waals surface area contributed by atoms with E-state index in [-0.39, 0.29) is 12.1 Å². The highest BCUT2D eigenvalue weighted by Crippen LogP contribution is 2.27. The van der Waals surface area contributed by atoms with Crippen LogP contribution in [0.1, 0.15) is 12.5 Å². The van der Waals surface area contributed by atoms with E-state index in [1.165, 1.54) is 0 Å². The minimum absolute atomic E-state index is 0.157. The van der Waals surface area contributed by atoms with E-state index < -0.39 is 0 Å². The molecule has 0 saturated carbocycles. The molecule has 4 rings (SSSR count). The lowest BCUT2D eigenvalue weighted by atomic mass is 10.1. The summed E-state index contributed by atoms with van der Waals surface area (Å²) in [4.78, 5) is 16.0. The van der Waals surface area contributed by atoms with E-state index >= 15 is 0 Å². The quantitative estimate of drug-likeness (QED) is 0.553. The number of anilines is 1. The molecule has 1 saturated heterocycles. The van der Waals surface area contributed by atoms with Crippen molar-refractivity contribution in [3.63, 3.8) is 0 Å². The number of aromatic nitrogens is 2. The molecule has 3 heterocycles. The van der Waals surface area contributed by atoms with E-state index in [9.17, 15) is 0 Å². The number of nitrogen functional groups attached to an aromatic ring is 1. The van der Waals surface area contributed by atoms with Gasteiger partial charge in [0.15, 0.2) is 11.4 Å². The highest BCUT2D eigenvalue weighted by molar-refractivity contribution is 5.94. The molecule has 7 nitrogen and oxygen atoms in total. The number of morpholine rings is 1. The summed E-state index contributed by atoms with van der Waals surface area (Å²) in [6.07, 6.45) is 1.78. The number of hydrogen-bond donors (Lipinski definition) is 1. The van der Waals surface area contributed by atoms with Crippen molar-refractivity contribution in [2.24, 2.45) is 4.99 Å². The first-order chi connectivity index (χ1) is 13.5. The number of hydrogen-bond acceptors (Lipinski definition) is 6. The summed E-state index contributed by atoms with van der Waals surface area (Å²) in [6.45, 7) is 10.2. The summed E-state index contributed by atoms with van der Waals surface area (Å²) in [5, 5.41) is 0. The van der Waals surface area contributed by atoms with Crippen molar-refractivity contribution in [3.8, 4) is 11.3 Å². The SMILES string of the molecule is C=CC(=Nc1nc(-c2ccc3oc(N)nc3c2)ccc1C)N1CCOCC1C. The lowest BCUT2D eigenvalue weighted by Crippen LogP contribution is -2.46. The van der Waals surface area contributed by atoms with Crippen LogP contribution in [-0.4, -0.2) is 46.5 Å². The van der Waals surface area contributed by atoms with Gasteiger partial charge in [-0.1, -0.05) is 12.6 Å². The molecule has 2 N–H and O–H groups in total. The molecule has 0 amide bonds. The van der Waals surface area contributed by atoms with Crippen LogP contribution in [0.2, 0.25) is 0 Å². The maximum atomic E-state index is 5.64. The Balaban J connectivity index is 1.72. The molecule has 1 unspecified atom stereocenters. The first kappa shape index (κ1) is 18.2. The molecule has 0 aliphatic carbocycles. The molecular weight excluding hydrogens is 354 g/mol. The summed E-state index contributed by atoms with van der Waals surface area (Å²) in [6, 6.07) is 10.1. The largest absolute Gasteiger partial charge is 0.424 e. The van der Waals surface area contributed by atoms with Gasteiger partial charge in [0.2, 0.25) is 0 Å². The maximum Gasteiger partial charge on any atom is 0.292 e. The van der Waals surface area contributed by atoms with Gasteiger partial charge in [-0.2, -0.15) is 4.98 Å². The Kier molecular flexibility index (Phi) is 4.83. The number of fused-ring (bicyclic) bond motifs is 1. The number of nitrogens with two attached hydrogens (primary N) is 1. The summed E-state index contributed by atoms with van der Waals surface area (Å²) in [7, 11) is 0. The second-order valence-corrected chi connectivity index (χ2v) is 6.86. The van der Waals surface area contributed by atoms with E-state index in [1.54, 1.807) is 6.08 Å². The second-order valence-electron chi connectivity index (χ2n) is 6.86. The number of amidine groups is 1. The summed E-state index contributed by atoms with van der Waals surface area (Å²) >= 11 is 0. The van der Waals surface area contributed by atoms with Crippen LogP contribution >= 0.6 is 0 Å². The molecule has 144 valence electrons. The van der Waals surface area contributed by atoms with Crippen molar-refractivity contribution in [2.45, 2.75) is 19.9 Å². The monoisotopic (exact) mass is 377 g/mol. The van der Waals surface area contributed by atoms with Gasteiger partial charge in [0.05, 0.1) is 24.9 Å². The fourth-order valence-electron chi connectivity index (χ4n) is 3.30. The van der Waals surface area contributed by atoms with Gasteiger partial charge >= 0.3 is 0 Å². The number of oxazole rings is 1. The standard InChI is InChI=1S/C21H23N5O2/c1-4-19(26-9-10-27-12-14(26)3)25-20-13(2)5-7-16(23-20)15-6-8-18-17(11-15)24-21(22)28-18/h4-8,11,14H,1,9-10,12H2,2-3H3,(H2,22,24). The normalized spacial score (nSPS) is 17.9. The topological polar surface area (TPSA) is 89.8 Å². The Bertz CT molecular complexity index is 1060. The third-order valence-corrected chi connectivity index (χ3v) is 4.84. The molecule has 3 aromatic rings. The highest BCUT2D eigenvalue weighted by Gasteiger charge is 2.21. The number of rotatable bonds is 3. The fraction of sp³-hybridized carbons (Fsp3) is 0.286. The predicted octanol–water partition coefficient (Wildman–Crippen LogP) is 3.72. The van der Waals surface area contributed by atoms with Crippen LogP contribution in [0.25, 0.3) is 22.4 Å². The van der Waals surface area contributed by atoms with Gasteiger partial charge in [0.25, 0.3) is 6.01 Å². The number of ether oxygens (including phenoxy) is 1. The number of aryl methyl sites for hydroxylation is 1. The van der Waals surface area contributed by atoms with Crippen LogP contribution in [0.3, 0.4) is 0 Å². The van der Waals surface area contributed by atoms with Crippen LogP contribution in [0.5, 0.6) is 0 Å². The van der Waals surface area contributed by atoms with Gasteiger partial charge in [0, 0.05) is 12.1 Å². The van der Waals surface area contributed by atoms with E-state index in [0.717, 1.165) is 29.2 Å². The minimum Gasteiger partial charge on any atom is -0.424 e. The van der Waals surface area contributed by atoms with Crippen molar-refractivity contribution < 1.29 is 9.15 Å². The lowest BCUT2D eigenvalue weighted by Gasteiger charge is -2.34. The molecule has 0 radical (unpaired) electrons. The summed E-state index contributed by atoms with van der Waals surface area (Å²) in [5.74, 6) is 1.48. The predicted molar refractivity (Wildman–Crippen MR) is 111 cm³/mol. The Hall–Kier alpha value is -3.19. The lowest BCUT2D eigenvalue weighted by molar-refractivity contribution is 0.0337. The van der Waals surface area contributed by atoms with Gasteiger partial charge in [-0.25, -0.2) is 9.98 Å². The van der Waals surface area contributed by atoms with Crippen molar-refractivity contribution in [2.75, 3.05) is 25.5 Å². The molecule has 28 heavy (non-hydrogen) atoms. The zero-order valence-electron chi connectivity index (χ0n) is 16.1. The van der Waals surface area contributed by atoms with E-state index in [2.05, 4.69) is 23.4 Å². The Labute approximate surface area is 163 Å². The zero-order chi connectivity index (χ0) is 19.7. The van der Waals surface area contributed by atoms with Crippen LogP contribution in [0, 0.1) is 6.92 Å². The zero-order valence-corrected chi connectivity index (χ0v) is 16.1. The molecule has 1 fully saturated rings. The number of nitrogens with zero attached hydrogens (tertiary/aromatic N) is 4. The third-order valence-electron chi connectivity index (χ3n) is 4.84. The van der Waals surface area contributed by atoms with Gasteiger partial charge in [0.1, 0.15) is 11.4 Å². The molecule has 2 aromatic heterocycles. The van der Waals surface area contributed by atoms with Gasteiger partial charge in [-0.3, -0.25) is 0 Å². The number of aliphatic imine (C=N–C) groups is 1. The van der Waals surface area contributed by atoms with Crippen LogP contribution in [-0.2, 0) is 4.74 Å². The molecule has 7 heteroatoms. The summed E-state index contributed by atoms with van der Waals surface area (Å²) < 4.78 is 10.9. The van der Waals surface area contributed by atoms with Crippen molar-refractivity contribution >= 4 is 28.8 Å². The molecule has 1 aliphatic rings. The van der Waals surface area contributed by atoms with Crippen LogP contribution in [0.15, 0.2) is 52.4 Å². The van der Waals surface area contributed by atoms with Crippen LogP contribution in [0.4, 0.5) is 11.8 Å². The molecule has 1 atom stereocenters. The summed E-state index contributed by atoms with van der Waals surface area (Å²) in [5.41, 5.74) is 9.74. The van der Waals surface area contributed by atoms with E-state index in [0.29, 0.717) is 30.1 Å². The van der Waals surface area contributed by atoms with Crippen molar-refractivity contribution in [3.05, 3.63) is 48.6 Å². The first-order valence-electron chi connectivity index (χ1n) is 9.25. The minimum atomic E-state index is 0.157. The molecule has 1 aromatic carbocycles. The first-order valence-corrected chi connectivity index (χ1v) is 9.25. The maximum absolute atomic E-state index is 5.64. The van der Waals surface area contributed by atoms with E-state index in [4.69, 9.17) is 24.9 Å². The van der Waals surface area contributed by atoms with Gasteiger partial charge in [-0.15, -0.1) is 0 Å². The average Bonchev–Trinajstić information content (AvgIpc) is 3.07. The smallest absolute Gasteiger partial charge is 0.292 e. The molecule has 0 bridgehead atoms. The van der Waals surface area contributed by atoms with Crippen molar-refractivity contribution in [1.82, 2.24) is 14.9 Å². The number of benzene rings is 1. The van der Waals surface area contributed by atoms with Gasteiger partial charge < -0.3 is 19.8 Å². The number of pyridine rings is 1. The second kappa shape index (κ2) is 7.44. The molecular formula is C21H23N5O2. The van der Waals surface area contributed by atoms with Crippen LogP contribution < -0.4 is 5.73 Å². The molecule has 0 spiro atoms. The Morgan fingerprint density at radius 1 is 1.32 bits per heavy atom. The van der Waals surface area contributed by atoms with Crippen molar-refractivity contribution in [1.29, 1.82) is 0 Å². The Morgan fingerprint density at radius 2 is 2.18 bits per heavy atom. The molecule has 1 aliphatic heterocycles.